The zero-order chi connectivity index (χ0) is 14.6. The molecule has 1 aliphatic carbocycles. The molecule has 2 rings (SSSR count). The zero-order valence-corrected chi connectivity index (χ0v) is 16.5. The summed E-state index contributed by atoms with van der Waals surface area (Å²) in [6.07, 6.45) is 2.71. The molecule has 0 bridgehead atoms. The molecule has 0 radical (unpaired) electrons. The predicted octanol–water partition coefficient (Wildman–Crippen LogP) is 3.52. The maximum Gasteiger partial charge on any atom is 0.191 e. The predicted molar refractivity (Wildman–Crippen MR) is 102 cm³/mol. The van der Waals surface area contributed by atoms with Gasteiger partial charge in [-0.3, -0.25) is 0 Å². The lowest BCUT2D eigenvalue weighted by atomic mass is 9.93. The fraction of sp³-hybridized carbons (Fsp3) is 0.733. The van der Waals surface area contributed by atoms with Gasteiger partial charge >= 0.3 is 0 Å². The van der Waals surface area contributed by atoms with Crippen LogP contribution in [0, 0.1) is 5.92 Å². The Morgan fingerprint density at radius 3 is 2.62 bits per heavy atom. The molecule has 0 atom stereocenters. The second kappa shape index (κ2) is 8.31. The van der Waals surface area contributed by atoms with Crippen molar-refractivity contribution in [2.24, 2.45) is 10.9 Å². The fourth-order valence-corrected chi connectivity index (χ4v) is 2.72. The van der Waals surface area contributed by atoms with Gasteiger partial charge in [0, 0.05) is 23.9 Å². The molecule has 1 fully saturated rings. The Morgan fingerprint density at radius 1 is 1.38 bits per heavy atom. The van der Waals surface area contributed by atoms with Gasteiger partial charge in [0.25, 0.3) is 0 Å². The first-order chi connectivity index (χ1) is 9.49. The van der Waals surface area contributed by atoms with Crippen molar-refractivity contribution in [3.05, 3.63) is 16.1 Å². The van der Waals surface area contributed by atoms with E-state index in [2.05, 4.69) is 53.7 Å². The quantitative estimate of drug-likeness (QED) is 0.434. The Kier molecular flexibility index (Phi) is 7.39. The van der Waals surface area contributed by atoms with Crippen molar-refractivity contribution in [2.75, 3.05) is 13.1 Å². The lowest BCUT2D eigenvalue weighted by Gasteiger charge is -2.14. The van der Waals surface area contributed by atoms with Crippen LogP contribution in [0.15, 0.2) is 10.4 Å². The number of aliphatic imine (C=N–C) groups is 1. The molecule has 6 heteroatoms. The van der Waals surface area contributed by atoms with E-state index in [0.717, 1.165) is 35.7 Å². The van der Waals surface area contributed by atoms with Gasteiger partial charge < -0.3 is 10.6 Å². The largest absolute Gasteiger partial charge is 0.357 e. The molecule has 1 aromatic rings. The summed E-state index contributed by atoms with van der Waals surface area (Å²) in [5.41, 5.74) is 1.27. The first-order valence-corrected chi connectivity index (χ1v) is 8.34. The molecule has 4 nitrogen and oxygen atoms in total. The molecule has 1 saturated carbocycles. The fourth-order valence-electron chi connectivity index (χ4n) is 1.78. The first-order valence-electron chi connectivity index (χ1n) is 7.46. The molecule has 0 amide bonds. The minimum atomic E-state index is 0. The second-order valence-corrected chi connectivity index (χ2v) is 7.34. The highest BCUT2D eigenvalue weighted by Gasteiger charge is 2.21. The van der Waals surface area contributed by atoms with E-state index in [1.807, 2.05) is 0 Å². The Labute approximate surface area is 149 Å². The first kappa shape index (κ1) is 18.7. The van der Waals surface area contributed by atoms with E-state index in [-0.39, 0.29) is 29.4 Å². The Bertz CT molecular complexity index is 460. The van der Waals surface area contributed by atoms with Gasteiger partial charge in [-0.25, -0.2) is 9.98 Å². The summed E-state index contributed by atoms with van der Waals surface area (Å²) < 4.78 is 0. The van der Waals surface area contributed by atoms with Crippen molar-refractivity contribution in [3.8, 4) is 0 Å². The third-order valence-electron chi connectivity index (χ3n) is 3.29. The maximum absolute atomic E-state index is 4.68. The van der Waals surface area contributed by atoms with Crippen LogP contribution in [0.2, 0.25) is 0 Å². The summed E-state index contributed by atoms with van der Waals surface area (Å²) in [6, 6.07) is 0. The average molecular weight is 422 g/mol. The van der Waals surface area contributed by atoms with Crippen LogP contribution in [0.4, 0.5) is 0 Å². The maximum atomic E-state index is 4.68. The molecule has 0 saturated heterocycles. The Balaban J connectivity index is 0.00000220. The molecule has 1 heterocycles. The van der Waals surface area contributed by atoms with Crippen molar-refractivity contribution in [2.45, 2.75) is 52.5 Å². The van der Waals surface area contributed by atoms with Crippen LogP contribution in [0.25, 0.3) is 0 Å². The van der Waals surface area contributed by atoms with E-state index in [9.17, 15) is 0 Å². The van der Waals surface area contributed by atoms with Gasteiger partial charge in [0.05, 0.1) is 12.2 Å². The highest BCUT2D eigenvalue weighted by Crippen LogP contribution is 2.27. The summed E-state index contributed by atoms with van der Waals surface area (Å²) in [5, 5.41) is 9.92. The molecule has 1 aromatic heterocycles. The highest BCUT2D eigenvalue weighted by atomic mass is 127. The number of thiazole rings is 1. The molecular weight excluding hydrogens is 395 g/mol. The molecule has 1 aliphatic rings. The van der Waals surface area contributed by atoms with Gasteiger partial charge in [-0.1, -0.05) is 20.8 Å². The van der Waals surface area contributed by atoms with E-state index in [4.69, 9.17) is 0 Å². The van der Waals surface area contributed by atoms with Crippen LogP contribution in [0.3, 0.4) is 0 Å². The van der Waals surface area contributed by atoms with E-state index in [1.165, 1.54) is 12.8 Å². The molecule has 0 unspecified atom stereocenters. The van der Waals surface area contributed by atoms with Crippen LogP contribution in [0.1, 0.15) is 51.2 Å². The summed E-state index contributed by atoms with van der Waals surface area (Å²) in [5.74, 6) is 1.76. The van der Waals surface area contributed by atoms with Gasteiger partial charge in [-0.2, -0.15) is 0 Å². The summed E-state index contributed by atoms with van der Waals surface area (Å²) in [6.45, 7) is 11.2. The van der Waals surface area contributed by atoms with E-state index < -0.39 is 0 Å². The molecule has 120 valence electrons. The van der Waals surface area contributed by atoms with Crippen LogP contribution in [-0.4, -0.2) is 24.0 Å². The minimum Gasteiger partial charge on any atom is -0.357 e. The highest BCUT2D eigenvalue weighted by molar-refractivity contribution is 14.0. The number of rotatable bonds is 5. The Hall–Kier alpha value is -0.370. The lowest BCUT2D eigenvalue weighted by Crippen LogP contribution is -2.38. The average Bonchev–Trinajstić information content (AvgIpc) is 3.07. The number of nitrogens with zero attached hydrogens (tertiary/aromatic N) is 2. The van der Waals surface area contributed by atoms with Gasteiger partial charge in [-0.15, -0.1) is 35.3 Å². The standard InChI is InChI=1S/C15H26N4S.HI/c1-5-16-14(17-8-11-6-7-11)18-9-13-19-12(10-20-13)15(2,3)4;/h10-11H,5-9H2,1-4H3,(H2,16,17,18);1H. The number of halogens is 1. The molecule has 21 heavy (non-hydrogen) atoms. The number of hydrogen-bond donors (Lipinski definition) is 2. The summed E-state index contributed by atoms with van der Waals surface area (Å²) in [4.78, 5) is 9.30. The minimum absolute atomic E-state index is 0. The van der Waals surface area contributed by atoms with Crippen molar-refractivity contribution < 1.29 is 0 Å². The monoisotopic (exact) mass is 422 g/mol. The van der Waals surface area contributed by atoms with E-state index in [1.54, 1.807) is 11.3 Å². The SMILES string of the molecule is CCNC(=NCc1nc(C(C)(C)C)cs1)NCC1CC1.I. The molecule has 0 aromatic carbocycles. The van der Waals surface area contributed by atoms with Crippen LogP contribution < -0.4 is 10.6 Å². The lowest BCUT2D eigenvalue weighted by molar-refractivity contribution is 0.571. The number of guanidine groups is 1. The van der Waals surface area contributed by atoms with Gasteiger partial charge in [0.15, 0.2) is 5.96 Å². The second-order valence-electron chi connectivity index (χ2n) is 6.40. The van der Waals surface area contributed by atoms with Crippen molar-refractivity contribution >= 4 is 41.3 Å². The topological polar surface area (TPSA) is 49.3 Å². The van der Waals surface area contributed by atoms with E-state index in [0.29, 0.717) is 6.54 Å². The third-order valence-corrected chi connectivity index (χ3v) is 4.13. The third kappa shape index (κ3) is 6.50. The van der Waals surface area contributed by atoms with Crippen molar-refractivity contribution in [1.82, 2.24) is 15.6 Å². The van der Waals surface area contributed by atoms with Crippen LogP contribution in [0.5, 0.6) is 0 Å². The molecule has 2 N–H and O–H groups in total. The Morgan fingerprint density at radius 2 is 2.10 bits per heavy atom. The van der Waals surface area contributed by atoms with Crippen molar-refractivity contribution in [3.63, 3.8) is 0 Å². The van der Waals surface area contributed by atoms with Crippen LogP contribution >= 0.6 is 35.3 Å². The van der Waals surface area contributed by atoms with Gasteiger partial charge in [0.2, 0.25) is 0 Å². The molecule has 0 aliphatic heterocycles. The number of nitrogens with one attached hydrogen (secondary N) is 2. The summed E-state index contributed by atoms with van der Waals surface area (Å²) in [7, 11) is 0. The number of aromatic nitrogens is 1. The van der Waals surface area contributed by atoms with Gasteiger partial charge in [0.1, 0.15) is 5.01 Å². The van der Waals surface area contributed by atoms with E-state index >= 15 is 0 Å². The zero-order valence-electron chi connectivity index (χ0n) is 13.4. The molecular formula is C15H27IN4S. The normalized spacial score (nSPS) is 15.5. The molecule has 0 spiro atoms. The van der Waals surface area contributed by atoms with Gasteiger partial charge in [-0.05, 0) is 25.7 Å². The van der Waals surface area contributed by atoms with Crippen molar-refractivity contribution in [1.29, 1.82) is 0 Å². The van der Waals surface area contributed by atoms with Crippen LogP contribution in [-0.2, 0) is 12.0 Å². The number of hydrogen-bond acceptors (Lipinski definition) is 3. The summed E-state index contributed by atoms with van der Waals surface area (Å²) >= 11 is 1.70. The smallest absolute Gasteiger partial charge is 0.191 e.